The first-order valence-corrected chi connectivity index (χ1v) is 10.3. The summed E-state index contributed by atoms with van der Waals surface area (Å²) in [4.78, 5) is 0. The Kier molecular flexibility index (Phi) is 3.94. The molecule has 0 radical (unpaired) electrons. The van der Waals surface area contributed by atoms with Crippen molar-refractivity contribution in [2.45, 2.75) is 25.6 Å². The largest absolute Gasteiger partial charge is 0.486 e. The summed E-state index contributed by atoms with van der Waals surface area (Å²) in [5.41, 5.74) is 5.60. The highest BCUT2D eigenvalue weighted by molar-refractivity contribution is 6.02. The van der Waals surface area contributed by atoms with E-state index in [0.717, 1.165) is 40.5 Å². The molecule has 0 bridgehead atoms. The van der Waals surface area contributed by atoms with Crippen LogP contribution in [0.1, 0.15) is 40.9 Å². The third-order valence-electron chi connectivity index (χ3n) is 5.90. The second-order valence-electron chi connectivity index (χ2n) is 7.93. The first-order chi connectivity index (χ1) is 14.8. The van der Waals surface area contributed by atoms with E-state index in [1.807, 2.05) is 18.2 Å². The molecule has 3 aromatic carbocycles. The minimum Gasteiger partial charge on any atom is -0.486 e. The van der Waals surface area contributed by atoms with Gasteiger partial charge in [-0.1, -0.05) is 48.0 Å². The molecule has 0 saturated heterocycles. The summed E-state index contributed by atoms with van der Waals surface area (Å²) < 4.78 is 17.9. The highest BCUT2D eigenvalue weighted by Crippen LogP contribution is 2.47. The molecule has 6 rings (SSSR count). The lowest BCUT2D eigenvalue weighted by Crippen LogP contribution is -2.33. The monoisotopic (exact) mass is 398 g/mol. The SMILES string of the molecule is Cc1cccc([C@@H]2Oc3ccccc3[C@@H]3CC(c4ccc5c(c4)OCCO5)=NN32)c1. The molecule has 0 aromatic heterocycles. The number of aryl methyl sites for hydroxylation is 1. The molecule has 3 aromatic rings. The minimum absolute atomic E-state index is 0.142. The molecule has 3 aliphatic rings. The van der Waals surface area contributed by atoms with E-state index in [1.165, 1.54) is 11.1 Å². The summed E-state index contributed by atoms with van der Waals surface area (Å²) in [5, 5.41) is 7.16. The number of rotatable bonds is 2. The molecule has 0 saturated carbocycles. The highest BCUT2D eigenvalue weighted by Gasteiger charge is 2.41. The molecule has 30 heavy (non-hydrogen) atoms. The van der Waals surface area contributed by atoms with E-state index in [4.69, 9.17) is 19.3 Å². The van der Waals surface area contributed by atoms with Crippen LogP contribution in [0.3, 0.4) is 0 Å². The van der Waals surface area contributed by atoms with Crippen molar-refractivity contribution in [3.05, 3.63) is 89.0 Å². The van der Waals surface area contributed by atoms with Crippen molar-refractivity contribution < 1.29 is 14.2 Å². The standard InChI is InChI=1S/C25H22N2O3/c1-16-5-4-6-18(13-16)25-27-21(19-7-2-3-8-22(19)30-25)15-20(26-27)17-9-10-23-24(14-17)29-12-11-28-23/h2-10,13-14,21,25H,11-12,15H2,1H3/t21-,25-/m0/s1. The average molecular weight is 398 g/mol. The van der Waals surface area contributed by atoms with Crippen molar-refractivity contribution in [3.8, 4) is 17.2 Å². The quantitative estimate of drug-likeness (QED) is 0.609. The number of ether oxygens (including phenoxy) is 3. The van der Waals surface area contributed by atoms with Gasteiger partial charge in [-0.05, 0) is 31.2 Å². The van der Waals surface area contributed by atoms with E-state index in [2.05, 4.69) is 60.5 Å². The number of para-hydroxylation sites is 1. The Bertz CT molecular complexity index is 1160. The molecule has 0 aliphatic carbocycles. The van der Waals surface area contributed by atoms with Crippen LogP contribution in [-0.4, -0.2) is 23.9 Å². The number of hydrogen-bond donors (Lipinski definition) is 0. The van der Waals surface area contributed by atoms with Crippen molar-refractivity contribution in [2.75, 3.05) is 13.2 Å². The van der Waals surface area contributed by atoms with Gasteiger partial charge in [0.25, 0.3) is 0 Å². The van der Waals surface area contributed by atoms with Gasteiger partial charge in [0.2, 0.25) is 6.23 Å². The lowest BCUT2D eigenvalue weighted by atomic mass is 9.95. The van der Waals surface area contributed by atoms with Crippen LogP contribution in [-0.2, 0) is 0 Å². The summed E-state index contributed by atoms with van der Waals surface area (Å²) in [6.45, 7) is 3.27. The van der Waals surface area contributed by atoms with Gasteiger partial charge < -0.3 is 14.2 Å². The summed E-state index contributed by atoms with van der Waals surface area (Å²) in [7, 11) is 0. The number of hydrazone groups is 1. The third kappa shape index (κ3) is 2.81. The van der Waals surface area contributed by atoms with Gasteiger partial charge >= 0.3 is 0 Å². The Balaban J connectivity index is 1.42. The fourth-order valence-electron chi connectivity index (χ4n) is 4.48. The Labute approximate surface area is 175 Å². The normalized spacial score (nSPS) is 21.4. The lowest BCUT2D eigenvalue weighted by molar-refractivity contribution is -0.0190. The van der Waals surface area contributed by atoms with Crippen LogP contribution in [0, 0.1) is 6.92 Å². The minimum atomic E-state index is -0.250. The first-order valence-electron chi connectivity index (χ1n) is 10.3. The van der Waals surface area contributed by atoms with Gasteiger partial charge in [-0.15, -0.1) is 0 Å². The van der Waals surface area contributed by atoms with Gasteiger partial charge in [-0.25, -0.2) is 5.01 Å². The van der Waals surface area contributed by atoms with E-state index in [0.29, 0.717) is 13.2 Å². The topological polar surface area (TPSA) is 43.3 Å². The van der Waals surface area contributed by atoms with Crippen molar-refractivity contribution in [2.24, 2.45) is 5.10 Å². The second kappa shape index (κ2) is 6.80. The van der Waals surface area contributed by atoms with Crippen molar-refractivity contribution in [1.29, 1.82) is 0 Å². The van der Waals surface area contributed by atoms with Crippen molar-refractivity contribution >= 4 is 5.71 Å². The molecule has 0 fully saturated rings. The lowest BCUT2D eigenvalue weighted by Gasteiger charge is -2.38. The van der Waals surface area contributed by atoms with Crippen LogP contribution in [0.5, 0.6) is 17.2 Å². The van der Waals surface area contributed by atoms with Crippen molar-refractivity contribution in [3.63, 3.8) is 0 Å². The molecule has 0 unspecified atom stereocenters. The van der Waals surface area contributed by atoms with Crippen LogP contribution in [0.2, 0.25) is 0 Å². The molecule has 0 amide bonds. The summed E-state index contributed by atoms with van der Waals surface area (Å²) in [6.07, 6.45) is 0.571. The molecule has 0 spiro atoms. The van der Waals surface area contributed by atoms with E-state index in [1.54, 1.807) is 0 Å². The fourth-order valence-corrected chi connectivity index (χ4v) is 4.48. The maximum absolute atomic E-state index is 6.44. The Hall–Kier alpha value is -3.47. The number of hydrogen-bond acceptors (Lipinski definition) is 5. The zero-order valence-electron chi connectivity index (χ0n) is 16.7. The molecule has 0 N–H and O–H groups in total. The summed E-state index contributed by atoms with van der Waals surface area (Å²) in [5.74, 6) is 2.52. The van der Waals surface area contributed by atoms with E-state index >= 15 is 0 Å². The molecule has 150 valence electrons. The molecular weight excluding hydrogens is 376 g/mol. The molecule has 2 atom stereocenters. The first kappa shape index (κ1) is 17.4. The number of nitrogens with zero attached hydrogens (tertiary/aromatic N) is 2. The second-order valence-corrected chi connectivity index (χ2v) is 7.93. The van der Waals surface area contributed by atoms with Crippen LogP contribution in [0.15, 0.2) is 71.8 Å². The zero-order valence-corrected chi connectivity index (χ0v) is 16.7. The third-order valence-corrected chi connectivity index (χ3v) is 5.90. The van der Waals surface area contributed by atoms with Gasteiger partial charge in [0.15, 0.2) is 11.5 Å². The van der Waals surface area contributed by atoms with Crippen molar-refractivity contribution in [1.82, 2.24) is 5.01 Å². The molecule has 5 heteroatoms. The van der Waals surface area contributed by atoms with Gasteiger partial charge in [-0.2, -0.15) is 5.10 Å². The average Bonchev–Trinajstić information content (AvgIpc) is 3.24. The molecular formula is C25H22N2O3. The fraction of sp³-hybridized carbons (Fsp3) is 0.240. The predicted octanol–water partition coefficient (Wildman–Crippen LogP) is 5.01. The Morgan fingerprint density at radius 2 is 1.73 bits per heavy atom. The zero-order chi connectivity index (χ0) is 20.1. The van der Waals surface area contributed by atoms with Crippen LogP contribution in [0.4, 0.5) is 0 Å². The predicted molar refractivity (Wildman–Crippen MR) is 114 cm³/mol. The van der Waals surface area contributed by atoms with Crippen LogP contribution >= 0.6 is 0 Å². The van der Waals surface area contributed by atoms with E-state index < -0.39 is 0 Å². The molecule has 3 aliphatic heterocycles. The van der Waals surface area contributed by atoms with Crippen LogP contribution < -0.4 is 14.2 Å². The van der Waals surface area contributed by atoms with Gasteiger partial charge in [0.1, 0.15) is 19.0 Å². The molecule has 3 heterocycles. The highest BCUT2D eigenvalue weighted by atomic mass is 16.6. The maximum Gasteiger partial charge on any atom is 0.213 e. The summed E-state index contributed by atoms with van der Waals surface area (Å²) >= 11 is 0. The summed E-state index contributed by atoms with van der Waals surface area (Å²) in [6, 6.07) is 23.0. The van der Waals surface area contributed by atoms with Crippen LogP contribution in [0.25, 0.3) is 0 Å². The Morgan fingerprint density at radius 3 is 2.63 bits per heavy atom. The van der Waals surface area contributed by atoms with Gasteiger partial charge in [-0.3, -0.25) is 0 Å². The van der Waals surface area contributed by atoms with Gasteiger partial charge in [0.05, 0.1) is 11.8 Å². The Morgan fingerprint density at radius 1 is 0.867 bits per heavy atom. The smallest absolute Gasteiger partial charge is 0.213 e. The molecule has 5 nitrogen and oxygen atoms in total. The number of benzene rings is 3. The maximum atomic E-state index is 6.44. The number of fused-ring (bicyclic) bond motifs is 4. The van der Waals surface area contributed by atoms with Gasteiger partial charge in [0, 0.05) is 23.1 Å². The van der Waals surface area contributed by atoms with E-state index in [-0.39, 0.29) is 12.3 Å². The van der Waals surface area contributed by atoms with E-state index in [9.17, 15) is 0 Å².